The minimum absolute atomic E-state index is 0.352. The lowest BCUT2D eigenvalue weighted by Gasteiger charge is -2.23. The zero-order valence-electron chi connectivity index (χ0n) is 12.7. The van der Waals surface area contributed by atoms with E-state index in [1.165, 1.54) is 11.3 Å². The summed E-state index contributed by atoms with van der Waals surface area (Å²) in [6.45, 7) is 9.22. The van der Waals surface area contributed by atoms with Crippen LogP contribution in [0.4, 0.5) is 5.69 Å². The fourth-order valence-electron chi connectivity index (χ4n) is 2.21. The maximum Gasteiger partial charge on any atom is 0.0791 e. The first-order chi connectivity index (χ1) is 9.63. The molecule has 0 spiro atoms. The first-order valence-electron chi connectivity index (χ1n) is 7.35. The molecule has 110 valence electrons. The number of benzene rings is 1. The summed E-state index contributed by atoms with van der Waals surface area (Å²) in [7, 11) is 0. The normalized spacial score (nSPS) is 11.9. The van der Waals surface area contributed by atoms with E-state index in [4.69, 9.17) is 6.42 Å². The summed E-state index contributed by atoms with van der Waals surface area (Å²) >= 11 is 3.69. The van der Waals surface area contributed by atoms with Gasteiger partial charge >= 0.3 is 0 Å². The van der Waals surface area contributed by atoms with Crippen molar-refractivity contribution in [3.05, 3.63) is 28.2 Å². The van der Waals surface area contributed by atoms with Gasteiger partial charge in [0.05, 0.1) is 6.54 Å². The molecule has 0 bridgehead atoms. The van der Waals surface area contributed by atoms with Crippen LogP contribution in [0.25, 0.3) is 0 Å². The second kappa shape index (κ2) is 9.05. The van der Waals surface area contributed by atoms with Crippen molar-refractivity contribution in [3.63, 3.8) is 0 Å². The fraction of sp³-hybridized carbons (Fsp3) is 0.529. The Morgan fingerprint density at radius 2 is 2.10 bits per heavy atom. The Morgan fingerprint density at radius 3 is 2.65 bits per heavy atom. The van der Waals surface area contributed by atoms with Gasteiger partial charge in [-0.1, -0.05) is 41.8 Å². The van der Waals surface area contributed by atoms with Crippen LogP contribution in [0.1, 0.15) is 45.2 Å². The lowest BCUT2D eigenvalue weighted by molar-refractivity contribution is 0.569. The van der Waals surface area contributed by atoms with Crippen LogP contribution in [0, 0.1) is 12.3 Å². The number of hydrogen-bond donors (Lipinski definition) is 1. The molecule has 0 fully saturated rings. The molecular weight excluding hydrogens is 312 g/mol. The number of anilines is 1. The standard InChI is InChI=1S/C17H25BrN2/c1-5-10-19-14(4)16-9-8-15(13-17(16)18)20(11-6-2)12-7-3/h2,8-9,13-14,19H,5,7,10-12H2,1,3-4H3. The summed E-state index contributed by atoms with van der Waals surface area (Å²) in [5.74, 6) is 2.73. The summed E-state index contributed by atoms with van der Waals surface area (Å²) < 4.78 is 1.14. The van der Waals surface area contributed by atoms with Crippen molar-refractivity contribution in [1.82, 2.24) is 5.32 Å². The second-order valence-corrected chi connectivity index (χ2v) is 5.86. The van der Waals surface area contributed by atoms with Crippen LogP contribution in [-0.4, -0.2) is 19.6 Å². The van der Waals surface area contributed by atoms with Crippen LogP contribution in [0.2, 0.25) is 0 Å². The SMILES string of the molecule is C#CCN(CCC)c1ccc(C(C)NCCC)c(Br)c1. The molecule has 1 unspecified atom stereocenters. The Bertz CT molecular complexity index is 451. The molecule has 0 heterocycles. The third kappa shape index (κ3) is 4.85. The van der Waals surface area contributed by atoms with E-state index in [1.54, 1.807) is 0 Å². The zero-order chi connectivity index (χ0) is 15.0. The molecule has 1 rings (SSSR count). The molecule has 0 aliphatic heterocycles. The molecule has 1 N–H and O–H groups in total. The minimum atomic E-state index is 0.352. The summed E-state index contributed by atoms with van der Waals surface area (Å²) in [4.78, 5) is 2.23. The predicted octanol–water partition coefficient (Wildman–Crippen LogP) is 4.36. The van der Waals surface area contributed by atoms with Crippen molar-refractivity contribution in [2.24, 2.45) is 0 Å². The smallest absolute Gasteiger partial charge is 0.0791 e. The van der Waals surface area contributed by atoms with E-state index >= 15 is 0 Å². The van der Waals surface area contributed by atoms with E-state index in [-0.39, 0.29) is 0 Å². The maximum absolute atomic E-state index is 5.45. The number of nitrogens with zero attached hydrogens (tertiary/aromatic N) is 1. The molecule has 1 atom stereocenters. The Morgan fingerprint density at radius 1 is 1.35 bits per heavy atom. The van der Waals surface area contributed by atoms with Gasteiger partial charge < -0.3 is 10.2 Å². The van der Waals surface area contributed by atoms with Gasteiger partial charge in [0.2, 0.25) is 0 Å². The number of terminal acetylenes is 1. The van der Waals surface area contributed by atoms with E-state index in [9.17, 15) is 0 Å². The molecule has 0 aliphatic rings. The van der Waals surface area contributed by atoms with Crippen LogP contribution in [-0.2, 0) is 0 Å². The van der Waals surface area contributed by atoms with E-state index in [1.807, 2.05) is 0 Å². The maximum atomic E-state index is 5.45. The highest BCUT2D eigenvalue weighted by Crippen LogP contribution is 2.28. The summed E-state index contributed by atoms with van der Waals surface area (Å²) in [6.07, 6.45) is 7.69. The molecule has 0 amide bonds. The Kier molecular flexibility index (Phi) is 7.72. The highest BCUT2D eigenvalue weighted by atomic mass is 79.9. The van der Waals surface area contributed by atoms with Crippen LogP contribution < -0.4 is 10.2 Å². The van der Waals surface area contributed by atoms with Crippen molar-refractivity contribution in [2.45, 2.75) is 39.7 Å². The van der Waals surface area contributed by atoms with Gasteiger partial charge in [0.15, 0.2) is 0 Å². The van der Waals surface area contributed by atoms with Crippen molar-refractivity contribution < 1.29 is 0 Å². The van der Waals surface area contributed by atoms with Gasteiger partial charge in [-0.25, -0.2) is 0 Å². The molecule has 0 saturated heterocycles. The molecule has 0 radical (unpaired) electrons. The zero-order valence-corrected chi connectivity index (χ0v) is 14.3. The first kappa shape index (κ1) is 17.1. The first-order valence-corrected chi connectivity index (χ1v) is 8.14. The Hall–Kier alpha value is -0.980. The third-order valence-corrected chi connectivity index (χ3v) is 3.98. The second-order valence-electron chi connectivity index (χ2n) is 5.01. The fourth-order valence-corrected chi connectivity index (χ4v) is 2.92. The minimum Gasteiger partial charge on any atom is -0.360 e. The topological polar surface area (TPSA) is 15.3 Å². The molecule has 0 saturated carbocycles. The molecule has 1 aromatic rings. The molecule has 1 aromatic carbocycles. The summed E-state index contributed by atoms with van der Waals surface area (Å²) in [5, 5.41) is 3.51. The number of halogens is 1. The Balaban J connectivity index is 2.88. The summed E-state index contributed by atoms with van der Waals surface area (Å²) in [6, 6.07) is 6.88. The van der Waals surface area contributed by atoms with E-state index < -0.39 is 0 Å². The van der Waals surface area contributed by atoms with Crippen LogP contribution >= 0.6 is 15.9 Å². The van der Waals surface area contributed by atoms with Crippen molar-refractivity contribution in [1.29, 1.82) is 0 Å². The van der Waals surface area contributed by atoms with E-state index in [0.29, 0.717) is 12.6 Å². The number of nitrogens with one attached hydrogen (secondary N) is 1. The third-order valence-electron chi connectivity index (χ3n) is 3.29. The molecular formula is C17H25BrN2. The summed E-state index contributed by atoms with van der Waals surface area (Å²) in [5.41, 5.74) is 2.47. The van der Waals surface area contributed by atoms with Crippen LogP contribution in [0.15, 0.2) is 22.7 Å². The Labute approximate surface area is 132 Å². The average molecular weight is 337 g/mol. The van der Waals surface area contributed by atoms with Crippen LogP contribution in [0.3, 0.4) is 0 Å². The molecule has 0 aliphatic carbocycles. The van der Waals surface area contributed by atoms with E-state index in [2.05, 4.69) is 71.0 Å². The van der Waals surface area contributed by atoms with Crippen molar-refractivity contribution >= 4 is 21.6 Å². The van der Waals surface area contributed by atoms with Gasteiger partial charge in [-0.3, -0.25) is 0 Å². The highest BCUT2D eigenvalue weighted by molar-refractivity contribution is 9.10. The van der Waals surface area contributed by atoms with Crippen molar-refractivity contribution in [2.75, 3.05) is 24.5 Å². The quantitative estimate of drug-likeness (QED) is 0.709. The van der Waals surface area contributed by atoms with Gasteiger partial charge in [0, 0.05) is 22.7 Å². The molecule has 3 heteroatoms. The average Bonchev–Trinajstić information content (AvgIpc) is 2.44. The molecule has 20 heavy (non-hydrogen) atoms. The van der Waals surface area contributed by atoms with Gasteiger partial charge in [-0.05, 0) is 44.0 Å². The molecule has 2 nitrogen and oxygen atoms in total. The largest absolute Gasteiger partial charge is 0.360 e. The van der Waals surface area contributed by atoms with Gasteiger partial charge in [-0.15, -0.1) is 6.42 Å². The predicted molar refractivity (Wildman–Crippen MR) is 92.2 cm³/mol. The van der Waals surface area contributed by atoms with E-state index in [0.717, 1.165) is 30.4 Å². The van der Waals surface area contributed by atoms with Gasteiger partial charge in [0.25, 0.3) is 0 Å². The van der Waals surface area contributed by atoms with Gasteiger partial charge in [0.1, 0.15) is 0 Å². The highest BCUT2D eigenvalue weighted by Gasteiger charge is 2.11. The van der Waals surface area contributed by atoms with Crippen molar-refractivity contribution in [3.8, 4) is 12.3 Å². The van der Waals surface area contributed by atoms with Gasteiger partial charge in [-0.2, -0.15) is 0 Å². The number of rotatable bonds is 8. The van der Waals surface area contributed by atoms with Crippen LogP contribution in [0.5, 0.6) is 0 Å². The monoisotopic (exact) mass is 336 g/mol. The lowest BCUT2D eigenvalue weighted by atomic mass is 10.1. The molecule has 0 aromatic heterocycles. The number of hydrogen-bond acceptors (Lipinski definition) is 2. The lowest BCUT2D eigenvalue weighted by Crippen LogP contribution is -2.24.